The standard InChI is InChI=1S/C23H28N2O4/c1-4-15-14-25-11-9-16(15)12-21(25)22(29-23(26)28-5-2)18-8-10-24-20-7-6-17(27-3)13-19(18)20/h4,6-8,10,13,15-16,21-22H,1,5,9,11-12,14H2,2-3H3/t15-,16-,21?,22+/m0/s1. The minimum atomic E-state index is -0.631. The average molecular weight is 396 g/mol. The quantitative estimate of drug-likeness (QED) is 0.534. The lowest BCUT2D eigenvalue weighted by Crippen LogP contribution is -2.55. The summed E-state index contributed by atoms with van der Waals surface area (Å²) in [6.45, 7) is 8.04. The molecule has 6 heteroatoms. The maximum absolute atomic E-state index is 12.3. The molecular weight excluding hydrogens is 368 g/mol. The molecule has 5 atom stereocenters. The number of rotatable bonds is 6. The molecule has 0 radical (unpaired) electrons. The number of piperidine rings is 3. The number of benzene rings is 1. The van der Waals surface area contributed by atoms with Crippen LogP contribution in [0.25, 0.3) is 10.9 Å². The van der Waals surface area contributed by atoms with Crippen LogP contribution in [0.4, 0.5) is 4.79 Å². The predicted molar refractivity (Wildman–Crippen MR) is 111 cm³/mol. The molecule has 3 fully saturated rings. The van der Waals surface area contributed by atoms with Crippen molar-refractivity contribution in [1.29, 1.82) is 0 Å². The van der Waals surface area contributed by atoms with Crippen LogP contribution < -0.4 is 4.74 Å². The first-order valence-corrected chi connectivity index (χ1v) is 10.3. The van der Waals surface area contributed by atoms with Gasteiger partial charge in [0.25, 0.3) is 0 Å². The number of fused-ring (bicyclic) bond motifs is 4. The molecule has 3 saturated heterocycles. The summed E-state index contributed by atoms with van der Waals surface area (Å²) in [5.74, 6) is 1.81. The Kier molecular flexibility index (Phi) is 5.72. The lowest BCUT2D eigenvalue weighted by molar-refractivity contribution is -0.0652. The Morgan fingerprint density at radius 1 is 1.41 bits per heavy atom. The third kappa shape index (κ3) is 3.81. The number of carbonyl (C=O) groups is 1. The van der Waals surface area contributed by atoms with Crippen LogP contribution in [-0.4, -0.2) is 48.9 Å². The van der Waals surface area contributed by atoms with Gasteiger partial charge in [-0.1, -0.05) is 6.08 Å². The number of methoxy groups -OCH3 is 1. The van der Waals surface area contributed by atoms with E-state index in [-0.39, 0.29) is 12.6 Å². The van der Waals surface area contributed by atoms with Crippen molar-refractivity contribution in [2.45, 2.75) is 31.9 Å². The Hall–Kier alpha value is -2.60. The highest BCUT2D eigenvalue weighted by Gasteiger charge is 2.44. The van der Waals surface area contributed by atoms with E-state index < -0.39 is 12.3 Å². The molecule has 4 heterocycles. The first-order valence-electron chi connectivity index (χ1n) is 10.3. The molecule has 0 aliphatic carbocycles. The first kappa shape index (κ1) is 19.7. The third-order valence-corrected chi connectivity index (χ3v) is 6.28. The molecule has 0 N–H and O–H groups in total. The summed E-state index contributed by atoms with van der Waals surface area (Å²) in [6.07, 6.45) is 4.91. The number of nitrogens with zero attached hydrogens (tertiary/aromatic N) is 2. The predicted octanol–water partition coefficient (Wildman–Crippen LogP) is 4.35. The molecule has 29 heavy (non-hydrogen) atoms. The van der Waals surface area contributed by atoms with E-state index in [0.717, 1.165) is 48.1 Å². The van der Waals surface area contributed by atoms with Gasteiger partial charge in [0.1, 0.15) is 11.9 Å². The number of hydrogen-bond donors (Lipinski definition) is 0. The number of hydrogen-bond acceptors (Lipinski definition) is 6. The van der Waals surface area contributed by atoms with Crippen molar-refractivity contribution in [3.63, 3.8) is 0 Å². The molecule has 2 aromatic rings. The van der Waals surface area contributed by atoms with Crippen LogP contribution >= 0.6 is 0 Å². The zero-order valence-electron chi connectivity index (χ0n) is 17.0. The van der Waals surface area contributed by atoms with E-state index in [1.54, 1.807) is 20.2 Å². The summed E-state index contributed by atoms with van der Waals surface area (Å²) in [5, 5.41) is 0.934. The van der Waals surface area contributed by atoms with Gasteiger partial charge < -0.3 is 14.2 Å². The number of carbonyl (C=O) groups excluding carboxylic acids is 1. The van der Waals surface area contributed by atoms with Gasteiger partial charge >= 0.3 is 6.16 Å². The molecule has 3 aliphatic rings. The van der Waals surface area contributed by atoms with Crippen LogP contribution in [0, 0.1) is 11.8 Å². The van der Waals surface area contributed by atoms with E-state index in [1.165, 1.54) is 0 Å². The Bertz CT molecular complexity index is 900. The van der Waals surface area contributed by atoms with Crippen molar-refractivity contribution in [3.8, 4) is 5.75 Å². The molecule has 2 unspecified atom stereocenters. The van der Waals surface area contributed by atoms with E-state index in [2.05, 4.69) is 22.5 Å². The molecule has 1 aromatic heterocycles. The smallest absolute Gasteiger partial charge is 0.497 e. The molecule has 0 spiro atoms. The van der Waals surface area contributed by atoms with Gasteiger partial charge in [-0.3, -0.25) is 9.88 Å². The zero-order chi connectivity index (χ0) is 20.4. The Morgan fingerprint density at radius 2 is 2.28 bits per heavy atom. The SMILES string of the molecule is C=C[C@H]1CN2CC[C@H]1CC2[C@H](OC(=O)OCC)c1ccnc2ccc(OC)cc12. The van der Waals surface area contributed by atoms with E-state index in [4.69, 9.17) is 14.2 Å². The Balaban J connectivity index is 1.75. The van der Waals surface area contributed by atoms with E-state index in [1.807, 2.05) is 24.3 Å². The Labute approximate surface area is 171 Å². The van der Waals surface area contributed by atoms with Gasteiger partial charge in [-0.2, -0.15) is 0 Å². The van der Waals surface area contributed by atoms with Crippen molar-refractivity contribution in [2.24, 2.45) is 11.8 Å². The largest absolute Gasteiger partial charge is 0.508 e. The van der Waals surface area contributed by atoms with Crippen LogP contribution in [0.3, 0.4) is 0 Å². The summed E-state index contributed by atoms with van der Waals surface area (Å²) in [6, 6.07) is 7.83. The van der Waals surface area contributed by atoms with Gasteiger partial charge in [-0.15, -0.1) is 6.58 Å². The maximum Gasteiger partial charge on any atom is 0.508 e. The van der Waals surface area contributed by atoms with E-state index in [9.17, 15) is 4.79 Å². The second-order valence-electron chi connectivity index (χ2n) is 7.75. The second kappa shape index (κ2) is 8.41. The topological polar surface area (TPSA) is 60.9 Å². The molecule has 3 aliphatic heterocycles. The van der Waals surface area contributed by atoms with Crippen LogP contribution in [0.15, 0.2) is 43.1 Å². The van der Waals surface area contributed by atoms with Crippen LogP contribution in [-0.2, 0) is 9.47 Å². The molecule has 6 nitrogen and oxygen atoms in total. The van der Waals surface area contributed by atoms with Gasteiger partial charge in [0.05, 0.1) is 25.3 Å². The lowest BCUT2D eigenvalue weighted by Gasteiger charge is -2.51. The highest BCUT2D eigenvalue weighted by atomic mass is 16.7. The maximum atomic E-state index is 12.3. The highest BCUT2D eigenvalue weighted by Crippen LogP contribution is 2.43. The van der Waals surface area contributed by atoms with Crippen LogP contribution in [0.1, 0.15) is 31.4 Å². The summed E-state index contributed by atoms with van der Waals surface area (Å²) in [5.41, 5.74) is 1.79. The van der Waals surface area contributed by atoms with Gasteiger partial charge in [-0.05, 0) is 62.4 Å². The van der Waals surface area contributed by atoms with Crippen molar-refractivity contribution >= 4 is 17.1 Å². The van der Waals surface area contributed by atoms with Crippen LogP contribution in [0.2, 0.25) is 0 Å². The summed E-state index contributed by atoms with van der Waals surface area (Å²) in [7, 11) is 1.64. The van der Waals surface area contributed by atoms with Gasteiger partial charge in [0.15, 0.2) is 0 Å². The van der Waals surface area contributed by atoms with E-state index >= 15 is 0 Å². The summed E-state index contributed by atoms with van der Waals surface area (Å²) < 4.78 is 16.5. The van der Waals surface area contributed by atoms with Crippen molar-refractivity contribution in [1.82, 2.24) is 9.88 Å². The minimum absolute atomic E-state index is 0.103. The lowest BCUT2D eigenvalue weighted by atomic mass is 9.73. The van der Waals surface area contributed by atoms with Crippen molar-refractivity contribution < 1.29 is 19.0 Å². The molecule has 2 bridgehead atoms. The zero-order valence-corrected chi connectivity index (χ0v) is 17.0. The van der Waals surface area contributed by atoms with E-state index in [0.29, 0.717) is 11.8 Å². The fraction of sp³-hybridized carbons (Fsp3) is 0.478. The van der Waals surface area contributed by atoms with Gasteiger partial charge in [0, 0.05) is 23.7 Å². The second-order valence-corrected chi connectivity index (χ2v) is 7.75. The summed E-state index contributed by atoms with van der Waals surface area (Å²) in [4.78, 5) is 19.2. The number of pyridine rings is 1. The minimum Gasteiger partial charge on any atom is -0.497 e. The monoisotopic (exact) mass is 396 g/mol. The first-order chi connectivity index (χ1) is 14.1. The number of aromatic nitrogens is 1. The highest BCUT2D eigenvalue weighted by molar-refractivity contribution is 5.84. The number of ether oxygens (including phenoxy) is 3. The molecule has 0 amide bonds. The molecule has 1 aromatic carbocycles. The third-order valence-electron chi connectivity index (χ3n) is 6.28. The molecule has 154 valence electrons. The Morgan fingerprint density at radius 3 is 2.97 bits per heavy atom. The molecule has 0 saturated carbocycles. The fourth-order valence-corrected chi connectivity index (χ4v) is 4.82. The normalized spacial score (nSPS) is 26.7. The van der Waals surface area contributed by atoms with Gasteiger partial charge in [-0.25, -0.2) is 4.79 Å². The van der Waals surface area contributed by atoms with Gasteiger partial charge in [0.2, 0.25) is 0 Å². The fourth-order valence-electron chi connectivity index (χ4n) is 4.82. The molecular formula is C23H28N2O4. The van der Waals surface area contributed by atoms with Crippen LogP contribution in [0.5, 0.6) is 5.75 Å². The average Bonchev–Trinajstić information content (AvgIpc) is 2.77. The summed E-state index contributed by atoms with van der Waals surface area (Å²) >= 11 is 0. The van der Waals surface area contributed by atoms with Crippen molar-refractivity contribution in [3.05, 3.63) is 48.7 Å². The molecule has 5 rings (SSSR count). The van der Waals surface area contributed by atoms with Crippen molar-refractivity contribution in [2.75, 3.05) is 26.8 Å².